The van der Waals surface area contributed by atoms with E-state index in [4.69, 9.17) is 21.9 Å². The minimum atomic E-state index is -0.299. The molecular weight excluding hydrogens is 478 g/mol. The second kappa shape index (κ2) is 10.7. The molecule has 35 heavy (non-hydrogen) atoms. The van der Waals surface area contributed by atoms with Crippen LogP contribution in [0.5, 0.6) is 11.6 Å². The molecule has 0 unspecified atom stereocenters. The summed E-state index contributed by atoms with van der Waals surface area (Å²) in [5.74, 6) is 0.613. The maximum absolute atomic E-state index is 13.6. The van der Waals surface area contributed by atoms with Crippen molar-refractivity contribution < 1.29 is 9.53 Å². The fourth-order valence-corrected chi connectivity index (χ4v) is 5.24. The summed E-state index contributed by atoms with van der Waals surface area (Å²) in [6.07, 6.45) is 7.46. The maximum atomic E-state index is 13.6. The van der Waals surface area contributed by atoms with E-state index >= 15 is 0 Å². The average molecular weight is 508 g/mol. The van der Waals surface area contributed by atoms with E-state index in [9.17, 15) is 9.59 Å². The van der Waals surface area contributed by atoms with Crippen molar-refractivity contribution >= 4 is 45.9 Å². The van der Waals surface area contributed by atoms with E-state index in [2.05, 4.69) is 6.92 Å². The molecule has 0 bridgehead atoms. The number of rotatable bonds is 8. The minimum absolute atomic E-state index is 0.172. The Hall–Kier alpha value is -2.97. The third kappa shape index (κ3) is 5.18. The smallest absolute Gasteiger partial charge is 0.269 e. The van der Waals surface area contributed by atoms with Gasteiger partial charge in [0.05, 0.1) is 4.91 Å². The van der Waals surface area contributed by atoms with Gasteiger partial charge in [-0.2, -0.15) is 4.98 Å². The van der Waals surface area contributed by atoms with E-state index in [-0.39, 0.29) is 22.9 Å². The molecule has 1 aromatic carbocycles. The SMILES string of the molecule is CCCCCCN1C(=O)/C(=C\c2c(Oc3cccc(C)c3C)nc3c(C)cccn3c2=O)SC1=S. The predicted molar refractivity (Wildman–Crippen MR) is 146 cm³/mol. The standard InChI is InChI=1S/C27H29N3O3S2/c1-5-6-7-8-14-30-26(32)22(35-27(30)34)16-20-24(33-21-13-9-11-17(2)19(21)4)28-23-18(3)12-10-15-29(23)25(20)31/h9-13,15-16H,5-8,14H2,1-4H3/b22-16+. The lowest BCUT2D eigenvalue weighted by atomic mass is 10.1. The molecule has 1 aliphatic heterocycles. The molecule has 6 nitrogen and oxygen atoms in total. The van der Waals surface area contributed by atoms with Crippen LogP contribution < -0.4 is 10.3 Å². The molecule has 0 radical (unpaired) electrons. The zero-order valence-corrected chi connectivity index (χ0v) is 22.1. The molecule has 8 heteroatoms. The van der Waals surface area contributed by atoms with Gasteiger partial charge in [0, 0.05) is 12.7 Å². The number of carbonyl (C=O) groups is 1. The fraction of sp³-hybridized carbons (Fsp3) is 0.333. The maximum Gasteiger partial charge on any atom is 0.269 e. The summed E-state index contributed by atoms with van der Waals surface area (Å²) >= 11 is 6.70. The fourth-order valence-electron chi connectivity index (χ4n) is 3.95. The Balaban J connectivity index is 1.78. The van der Waals surface area contributed by atoms with Crippen molar-refractivity contribution in [1.82, 2.24) is 14.3 Å². The van der Waals surface area contributed by atoms with Gasteiger partial charge >= 0.3 is 0 Å². The summed E-state index contributed by atoms with van der Waals surface area (Å²) in [5.41, 5.74) is 3.32. The molecule has 1 aliphatic rings. The van der Waals surface area contributed by atoms with Crippen molar-refractivity contribution in [2.24, 2.45) is 0 Å². The molecule has 1 amide bonds. The number of benzene rings is 1. The summed E-state index contributed by atoms with van der Waals surface area (Å²) in [6.45, 7) is 8.60. The van der Waals surface area contributed by atoms with Gasteiger partial charge in [0.2, 0.25) is 5.88 Å². The third-order valence-corrected chi connectivity index (χ3v) is 7.57. The zero-order valence-electron chi connectivity index (χ0n) is 20.5. The average Bonchev–Trinajstić information content (AvgIpc) is 3.10. The predicted octanol–water partition coefficient (Wildman–Crippen LogP) is 6.19. The van der Waals surface area contributed by atoms with E-state index < -0.39 is 0 Å². The first-order valence-electron chi connectivity index (χ1n) is 11.8. The number of unbranched alkanes of at least 4 members (excludes halogenated alkanes) is 3. The van der Waals surface area contributed by atoms with Crippen LogP contribution >= 0.6 is 24.0 Å². The topological polar surface area (TPSA) is 63.9 Å². The summed E-state index contributed by atoms with van der Waals surface area (Å²) in [6, 6.07) is 9.45. The van der Waals surface area contributed by atoms with Crippen LogP contribution in [0.25, 0.3) is 11.7 Å². The zero-order chi connectivity index (χ0) is 25.1. The van der Waals surface area contributed by atoms with Crippen molar-refractivity contribution in [2.45, 2.75) is 53.4 Å². The number of nitrogens with zero attached hydrogens (tertiary/aromatic N) is 3. The molecule has 0 atom stereocenters. The number of carbonyl (C=O) groups excluding carboxylic acids is 1. The molecule has 1 fully saturated rings. The van der Waals surface area contributed by atoms with Crippen LogP contribution in [0.1, 0.15) is 54.9 Å². The highest BCUT2D eigenvalue weighted by molar-refractivity contribution is 8.26. The lowest BCUT2D eigenvalue weighted by Gasteiger charge is -2.14. The molecule has 0 aliphatic carbocycles. The van der Waals surface area contributed by atoms with Crippen molar-refractivity contribution in [3.8, 4) is 11.6 Å². The highest BCUT2D eigenvalue weighted by atomic mass is 32.2. The molecule has 0 saturated carbocycles. The number of hydrogen-bond donors (Lipinski definition) is 0. The van der Waals surface area contributed by atoms with Crippen molar-refractivity contribution in [2.75, 3.05) is 6.54 Å². The lowest BCUT2D eigenvalue weighted by Crippen LogP contribution is -2.29. The Bertz CT molecular complexity index is 1390. The number of thiocarbonyl (C=S) groups is 1. The van der Waals surface area contributed by atoms with Gasteiger partial charge in [-0.3, -0.25) is 18.9 Å². The second-order valence-electron chi connectivity index (χ2n) is 8.71. The first-order chi connectivity index (χ1) is 16.8. The number of hydrogen-bond acceptors (Lipinski definition) is 6. The van der Waals surface area contributed by atoms with E-state index in [1.165, 1.54) is 16.2 Å². The molecule has 3 heterocycles. The summed E-state index contributed by atoms with van der Waals surface area (Å²) in [7, 11) is 0. The Morgan fingerprint density at radius 1 is 1.06 bits per heavy atom. The third-order valence-electron chi connectivity index (χ3n) is 6.20. The number of thioether (sulfide) groups is 1. The quantitative estimate of drug-likeness (QED) is 0.206. The highest BCUT2D eigenvalue weighted by Gasteiger charge is 2.32. The molecular formula is C27H29N3O3S2. The number of ether oxygens (including phenoxy) is 1. The van der Waals surface area contributed by atoms with E-state index in [1.54, 1.807) is 23.2 Å². The molecule has 0 spiro atoms. The molecule has 0 N–H and O–H groups in total. The first-order valence-corrected chi connectivity index (χ1v) is 13.1. The van der Waals surface area contributed by atoms with Gasteiger partial charge in [-0.25, -0.2) is 0 Å². The lowest BCUT2D eigenvalue weighted by molar-refractivity contribution is -0.122. The Labute approximate surface area is 215 Å². The van der Waals surface area contributed by atoms with Crippen molar-refractivity contribution in [3.63, 3.8) is 0 Å². The highest BCUT2D eigenvalue weighted by Crippen LogP contribution is 2.35. The molecule has 3 aromatic rings. The van der Waals surface area contributed by atoms with Crippen LogP contribution in [0.4, 0.5) is 0 Å². The van der Waals surface area contributed by atoms with Gasteiger partial charge in [-0.1, -0.05) is 68.4 Å². The van der Waals surface area contributed by atoms with Gasteiger partial charge in [-0.05, 0) is 62.1 Å². The first kappa shape index (κ1) is 25.1. The monoisotopic (exact) mass is 507 g/mol. The molecule has 182 valence electrons. The van der Waals surface area contributed by atoms with Crippen LogP contribution in [0, 0.1) is 20.8 Å². The largest absolute Gasteiger partial charge is 0.438 e. The van der Waals surface area contributed by atoms with Crippen molar-refractivity contribution in [3.05, 3.63) is 74.0 Å². The van der Waals surface area contributed by atoms with Crippen LogP contribution in [0.3, 0.4) is 0 Å². The van der Waals surface area contributed by atoms with Crippen LogP contribution in [-0.2, 0) is 4.79 Å². The Morgan fingerprint density at radius 3 is 2.60 bits per heavy atom. The van der Waals surface area contributed by atoms with Crippen LogP contribution in [0.2, 0.25) is 0 Å². The van der Waals surface area contributed by atoms with Gasteiger partial charge in [0.25, 0.3) is 11.5 Å². The van der Waals surface area contributed by atoms with Crippen molar-refractivity contribution in [1.29, 1.82) is 0 Å². The number of aromatic nitrogens is 2. The van der Waals surface area contributed by atoms with Gasteiger partial charge in [0.15, 0.2) is 0 Å². The Kier molecular flexibility index (Phi) is 7.72. The van der Waals surface area contributed by atoms with Crippen LogP contribution in [-0.4, -0.2) is 31.1 Å². The number of fused-ring (bicyclic) bond motifs is 1. The number of aryl methyl sites for hydroxylation is 2. The van der Waals surface area contributed by atoms with Gasteiger partial charge in [0.1, 0.15) is 21.3 Å². The van der Waals surface area contributed by atoms with Gasteiger partial charge in [-0.15, -0.1) is 0 Å². The molecule has 1 saturated heterocycles. The minimum Gasteiger partial charge on any atom is -0.438 e. The van der Waals surface area contributed by atoms with E-state index in [0.717, 1.165) is 42.4 Å². The Morgan fingerprint density at radius 2 is 1.83 bits per heavy atom. The summed E-state index contributed by atoms with van der Waals surface area (Å²) in [5, 5.41) is 0. The summed E-state index contributed by atoms with van der Waals surface area (Å²) < 4.78 is 8.22. The normalized spacial score (nSPS) is 15.0. The van der Waals surface area contributed by atoms with E-state index in [0.29, 0.717) is 27.2 Å². The van der Waals surface area contributed by atoms with E-state index in [1.807, 2.05) is 45.0 Å². The van der Waals surface area contributed by atoms with Gasteiger partial charge < -0.3 is 4.74 Å². The summed E-state index contributed by atoms with van der Waals surface area (Å²) in [4.78, 5) is 33.5. The second-order valence-corrected chi connectivity index (χ2v) is 10.4. The number of pyridine rings is 1. The molecule has 4 rings (SSSR count). The number of amides is 1. The molecule has 2 aromatic heterocycles. The van der Waals surface area contributed by atoms with Crippen LogP contribution in [0.15, 0.2) is 46.2 Å².